The summed E-state index contributed by atoms with van der Waals surface area (Å²) in [5, 5.41) is 11.5. The second-order valence-corrected chi connectivity index (χ2v) is 5.83. The summed E-state index contributed by atoms with van der Waals surface area (Å²) >= 11 is 5.95. The van der Waals surface area contributed by atoms with Gasteiger partial charge >= 0.3 is 5.97 Å². The highest BCUT2D eigenvalue weighted by Gasteiger charge is 2.19. The molecule has 26 heavy (non-hydrogen) atoms. The summed E-state index contributed by atoms with van der Waals surface area (Å²) in [5.41, 5.74) is 1.66. The number of ether oxygens (including phenoxy) is 1. The zero-order valence-corrected chi connectivity index (χ0v) is 14.6. The second-order valence-electron chi connectivity index (χ2n) is 5.39. The largest absolute Gasteiger partial charge is 0.451 e. The number of nitrogens with zero attached hydrogens (tertiary/aromatic N) is 3. The third kappa shape index (κ3) is 4.25. The van der Waals surface area contributed by atoms with Gasteiger partial charge in [-0.1, -0.05) is 35.9 Å². The molecule has 1 aromatic heterocycles. The first-order valence-corrected chi connectivity index (χ1v) is 8.12. The predicted octanol–water partition coefficient (Wildman–Crippen LogP) is 3.02. The van der Waals surface area contributed by atoms with Crippen molar-refractivity contribution in [2.75, 3.05) is 11.9 Å². The average molecular weight is 371 g/mol. The van der Waals surface area contributed by atoms with Crippen molar-refractivity contribution in [3.8, 4) is 5.69 Å². The summed E-state index contributed by atoms with van der Waals surface area (Å²) in [6.07, 6.45) is 0. The maximum Gasteiger partial charge on any atom is 0.361 e. The van der Waals surface area contributed by atoms with Crippen molar-refractivity contribution in [2.45, 2.75) is 6.92 Å². The quantitative estimate of drug-likeness (QED) is 0.698. The Morgan fingerprint density at radius 1 is 1.12 bits per heavy atom. The molecule has 0 fully saturated rings. The minimum Gasteiger partial charge on any atom is -0.451 e. The molecular weight excluding hydrogens is 356 g/mol. The highest BCUT2D eigenvalue weighted by molar-refractivity contribution is 6.30. The van der Waals surface area contributed by atoms with Gasteiger partial charge < -0.3 is 10.1 Å². The fourth-order valence-corrected chi connectivity index (χ4v) is 2.39. The van der Waals surface area contributed by atoms with E-state index in [1.165, 1.54) is 4.80 Å². The van der Waals surface area contributed by atoms with Crippen LogP contribution >= 0.6 is 11.6 Å². The number of hydrogen-bond donors (Lipinski definition) is 1. The van der Waals surface area contributed by atoms with Crippen LogP contribution in [0.4, 0.5) is 5.69 Å². The lowest BCUT2D eigenvalue weighted by Crippen LogP contribution is -2.21. The lowest BCUT2D eigenvalue weighted by Gasteiger charge is -2.05. The highest BCUT2D eigenvalue weighted by atomic mass is 35.5. The number of aryl methyl sites for hydroxylation is 1. The van der Waals surface area contributed by atoms with Crippen molar-refractivity contribution >= 4 is 29.2 Å². The molecule has 0 spiro atoms. The Labute approximate surface area is 154 Å². The van der Waals surface area contributed by atoms with E-state index in [1.54, 1.807) is 55.5 Å². The number of anilines is 1. The van der Waals surface area contributed by atoms with Crippen molar-refractivity contribution < 1.29 is 14.3 Å². The first-order chi connectivity index (χ1) is 12.5. The number of rotatable bonds is 5. The zero-order chi connectivity index (χ0) is 18.5. The van der Waals surface area contributed by atoms with Gasteiger partial charge in [-0.05, 0) is 37.3 Å². The molecule has 3 rings (SSSR count). The van der Waals surface area contributed by atoms with Crippen LogP contribution in [-0.2, 0) is 9.53 Å². The molecule has 1 N–H and O–H groups in total. The van der Waals surface area contributed by atoms with Crippen LogP contribution in [0.3, 0.4) is 0 Å². The lowest BCUT2D eigenvalue weighted by molar-refractivity contribution is -0.119. The van der Waals surface area contributed by atoms with E-state index in [1.807, 2.05) is 6.07 Å². The van der Waals surface area contributed by atoms with Gasteiger partial charge in [-0.3, -0.25) is 4.79 Å². The predicted molar refractivity (Wildman–Crippen MR) is 96.5 cm³/mol. The maximum atomic E-state index is 12.2. The van der Waals surface area contributed by atoms with E-state index < -0.39 is 18.5 Å². The molecule has 0 unspecified atom stereocenters. The van der Waals surface area contributed by atoms with Crippen LogP contribution in [0.1, 0.15) is 16.2 Å². The normalized spacial score (nSPS) is 10.4. The van der Waals surface area contributed by atoms with Crippen molar-refractivity contribution in [2.24, 2.45) is 0 Å². The van der Waals surface area contributed by atoms with Crippen LogP contribution in [0.25, 0.3) is 5.69 Å². The van der Waals surface area contributed by atoms with Crippen molar-refractivity contribution in [3.63, 3.8) is 0 Å². The van der Waals surface area contributed by atoms with E-state index in [2.05, 4.69) is 15.5 Å². The molecular formula is C18H15ClN4O3. The molecule has 1 amide bonds. The number of halogens is 1. The highest BCUT2D eigenvalue weighted by Crippen LogP contribution is 2.15. The molecule has 0 aliphatic heterocycles. The molecule has 0 atom stereocenters. The van der Waals surface area contributed by atoms with Gasteiger partial charge in [-0.15, -0.1) is 5.10 Å². The molecule has 8 heteroatoms. The number of hydrogen-bond acceptors (Lipinski definition) is 5. The van der Waals surface area contributed by atoms with Crippen LogP contribution in [0.15, 0.2) is 54.6 Å². The van der Waals surface area contributed by atoms with Gasteiger partial charge in [0.15, 0.2) is 12.3 Å². The Morgan fingerprint density at radius 3 is 2.62 bits per heavy atom. The Hall–Kier alpha value is -3.19. The summed E-state index contributed by atoms with van der Waals surface area (Å²) in [5.74, 6) is -1.16. The minimum atomic E-state index is -0.723. The number of esters is 1. The molecule has 132 valence electrons. The van der Waals surface area contributed by atoms with Crippen molar-refractivity contribution in [1.29, 1.82) is 0 Å². The first-order valence-electron chi connectivity index (χ1n) is 7.75. The molecule has 7 nitrogen and oxygen atoms in total. The summed E-state index contributed by atoms with van der Waals surface area (Å²) in [4.78, 5) is 25.3. The molecule has 0 aliphatic carbocycles. The first kappa shape index (κ1) is 17.6. The van der Waals surface area contributed by atoms with Crippen LogP contribution in [0.5, 0.6) is 0 Å². The van der Waals surface area contributed by atoms with Gasteiger partial charge in [0.05, 0.1) is 11.4 Å². The molecule has 3 aromatic rings. The molecule has 0 saturated carbocycles. The van der Waals surface area contributed by atoms with Gasteiger partial charge in [0.2, 0.25) is 0 Å². The van der Waals surface area contributed by atoms with Gasteiger partial charge in [-0.2, -0.15) is 9.90 Å². The Morgan fingerprint density at radius 2 is 1.88 bits per heavy atom. The molecule has 0 bridgehead atoms. The fraction of sp³-hybridized carbons (Fsp3) is 0.111. The number of carbonyl (C=O) groups is 2. The number of nitrogens with one attached hydrogen (secondary N) is 1. The van der Waals surface area contributed by atoms with Crippen molar-refractivity contribution in [3.05, 3.63) is 71.0 Å². The minimum absolute atomic E-state index is 0.0393. The molecule has 2 aromatic carbocycles. The SMILES string of the molecule is Cc1nn(-c2cccc(Cl)c2)nc1C(=O)OCC(=O)Nc1ccccc1. The van der Waals surface area contributed by atoms with Crippen molar-refractivity contribution in [1.82, 2.24) is 15.0 Å². The van der Waals surface area contributed by atoms with Crippen LogP contribution in [0, 0.1) is 6.92 Å². The lowest BCUT2D eigenvalue weighted by atomic mass is 10.3. The molecule has 0 radical (unpaired) electrons. The smallest absolute Gasteiger partial charge is 0.361 e. The second kappa shape index (κ2) is 7.79. The topological polar surface area (TPSA) is 86.1 Å². The Balaban J connectivity index is 1.64. The van der Waals surface area contributed by atoms with Crippen LogP contribution < -0.4 is 5.32 Å². The number of benzene rings is 2. The van der Waals surface area contributed by atoms with Gasteiger partial charge in [0.25, 0.3) is 5.91 Å². The van der Waals surface area contributed by atoms with E-state index in [-0.39, 0.29) is 5.69 Å². The van der Waals surface area contributed by atoms with E-state index in [0.29, 0.717) is 22.1 Å². The molecule has 0 saturated heterocycles. The number of carbonyl (C=O) groups excluding carboxylic acids is 2. The number of aromatic nitrogens is 3. The number of para-hydroxylation sites is 1. The maximum absolute atomic E-state index is 12.2. The third-order valence-electron chi connectivity index (χ3n) is 3.41. The fourth-order valence-electron chi connectivity index (χ4n) is 2.20. The number of amides is 1. The summed E-state index contributed by atoms with van der Waals surface area (Å²) in [7, 11) is 0. The Kier molecular flexibility index (Phi) is 5.28. The summed E-state index contributed by atoms with van der Waals surface area (Å²) in [6, 6.07) is 15.8. The Bertz CT molecular complexity index is 941. The van der Waals surface area contributed by atoms with Gasteiger partial charge in [0.1, 0.15) is 0 Å². The van der Waals surface area contributed by atoms with Crippen LogP contribution in [-0.4, -0.2) is 33.5 Å². The third-order valence-corrected chi connectivity index (χ3v) is 3.64. The van der Waals surface area contributed by atoms with Crippen LogP contribution in [0.2, 0.25) is 5.02 Å². The molecule has 0 aliphatic rings. The monoisotopic (exact) mass is 370 g/mol. The van der Waals surface area contributed by atoms with E-state index in [9.17, 15) is 9.59 Å². The summed E-state index contributed by atoms with van der Waals surface area (Å²) < 4.78 is 5.02. The zero-order valence-electron chi connectivity index (χ0n) is 13.8. The van der Waals surface area contributed by atoms with Gasteiger partial charge in [0, 0.05) is 10.7 Å². The summed E-state index contributed by atoms with van der Waals surface area (Å²) in [6.45, 7) is 1.21. The van der Waals surface area contributed by atoms with Gasteiger partial charge in [-0.25, -0.2) is 4.79 Å². The molecule has 1 heterocycles. The van der Waals surface area contributed by atoms with E-state index in [4.69, 9.17) is 16.3 Å². The average Bonchev–Trinajstić information content (AvgIpc) is 3.02. The van der Waals surface area contributed by atoms with E-state index in [0.717, 1.165) is 0 Å². The standard InChI is InChI=1S/C18H15ClN4O3/c1-12-17(22-23(21-12)15-9-5-6-13(19)10-15)18(25)26-11-16(24)20-14-7-3-2-4-8-14/h2-10H,11H2,1H3,(H,20,24). The van der Waals surface area contributed by atoms with E-state index >= 15 is 0 Å².